The molecule has 0 saturated heterocycles. The standard InChI is InChI=1S/C13H19BrN4O2/c1-18-13(20)12(14)10(7-16-18)15-8-11(19)17-9-5-3-2-4-6-9/h7,9,15H,2-6,8H2,1H3,(H,17,19). The zero-order valence-electron chi connectivity index (χ0n) is 11.5. The number of aryl methyl sites for hydroxylation is 1. The van der Waals surface area contributed by atoms with Crippen LogP contribution in [0.15, 0.2) is 15.5 Å². The molecule has 6 nitrogen and oxygen atoms in total. The van der Waals surface area contributed by atoms with Gasteiger partial charge < -0.3 is 10.6 Å². The van der Waals surface area contributed by atoms with Crippen LogP contribution in [0.3, 0.4) is 0 Å². The summed E-state index contributed by atoms with van der Waals surface area (Å²) in [7, 11) is 1.58. The first-order valence-corrected chi connectivity index (χ1v) is 7.62. The molecule has 1 amide bonds. The summed E-state index contributed by atoms with van der Waals surface area (Å²) in [4.78, 5) is 23.5. The smallest absolute Gasteiger partial charge is 0.282 e. The Labute approximate surface area is 126 Å². The van der Waals surface area contributed by atoms with Gasteiger partial charge in [-0.1, -0.05) is 19.3 Å². The maximum Gasteiger partial charge on any atom is 0.282 e. The largest absolute Gasteiger partial charge is 0.374 e. The molecular weight excluding hydrogens is 324 g/mol. The lowest BCUT2D eigenvalue weighted by Gasteiger charge is -2.22. The van der Waals surface area contributed by atoms with Gasteiger partial charge in [-0.25, -0.2) is 4.68 Å². The van der Waals surface area contributed by atoms with Crippen LogP contribution in [0.25, 0.3) is 0 Å². The highest BCUT2D eigenvalue weighted by atomic mass is 79.9. The molecule has 110 valence electrons. The number of halogens is 1. The fraction of sp³-hybridized carbons (Fsp3) is 0.615. The highest BCUT2D eigenvalue weighted by Gasteiger charge is 2.15. The van der Waals surface area contributed by atoms with Crippen molar-refractivity contribution >= 4 is 27.5 Å². The quantitative estimate of drug-likeness (QED) is 0.867. The Bertz CT molecular complexity index is 538. The van der Waals surface area contributed by atoms with Crippen molar-refractivity contribution in [3.05, 3.63) is 21.0 Å². The molecule has 20 heavy (non-hydrogen) atoms. The van der Waals surface area contributed by atoms with Crippen molar-refractivity contribution in [1.82, 2.24) is 15.1 Å². The van der Waals surface area contributed by atoms with Crippen LogP contribution in [0.1, 0.15) is 32.1 Å². The van der Waals surface area contributed by atoms with E-state index in [9.17, 15) is 9.59 Å². The lowest BCUT2D eigenvalue weighted by molar-refractivity contribution is -0.120. The number of rotatable bonds is 4. The molecule has 1 aromatic rings. The minimum absolute atomic E-state index is 0.0514. The predicted octanol–water partition coefficient (Wildman–Crippen LogP) is 1.40. The Morgan fingerprint density at radius 3 is 2.85 bits per heavy atom. The van der Waals surface area contributed by atoms with Gasteiger partial charge in [0.2, 0.25) is 5.91 Å². The molecule has 1 saturated carbocycles. The maximum absolute atomic E-state index is 11.9. The molecule has 2 N–H and O–H groups in total. The number of nitrogens with one attached hydrogen (secondary N) is 2. The topological polar surface area (TPSA) is 76.0 Å². The third-order valence-corrected chi connectivity index (χ3v) is 4.25. The fourth-order valence-electron chi connectivity index (χ4n) is 2.34. The SMILES string of the molecule is Cn1ncc(NCC(=O)NC2CCCCC2)c(Br)c1=O. The Hall–Kier alpha value is -1.37. The second-order valence-electron chi connectivity index (χ2n) is 5.06. The molecule has 1 heterocycles. The molecule has 7 heteroatoms. The molecule has 1 aliphatic carbocycles. The molecule has 0 aliphatic heterocycles. The van der Waals surface area contributed by atoms with Crippen LogP contribution in [0.5, 0.6) is 0 Å². The predicted molar refractivity (Wildman–Crippen MR) is 80.7 cm³/mol. The van der Waals surface area contributed by atoms with E-state index in [0.717, 1.165) is 12.8 Å². The van der Waals surface area contributed by atoms with Gasteiger partial charge >= 0.3 is 0 Å². The Balaban J connectivity index is 1.87. The molecule has 0 aromatic carbocycles. The number of hydrogen-bond donors (Lipinski definition) is 2. The number of amides is 1. The average molecular weight is 343 g/mol. The summed E-state index contributed by atoms with van der Waals surface area (Å²) in [6.45, 7) is 0.143. The molecular formula is C13H19BrN4O2. The summed E-state index contributed by atoms with van der Waals surface area (Å²) in [5, 5.41) is 9.86. The van der Waals surface area contributed by atoms with E-state index in [2.05, 4.69) is 31.7 Å². The first kappa shape index (κ1) is 15.0. The maximum atomic E-state index is 11.9. The summed E-state index contributed by atoms with van der Waals surface area (Å²) in [5.41, 5.74) is 0.301. The number of anilines is 1. The van der Waals surface area contributed by atoms with Gasteiger partial charge in [-0.3, -0.25) is 9.59 Å². The molecule has 0 spiro atoms. The number of aromatic nitrogens is 2. The van der Waals surface area contributed by atoms with Crippen molar-refractivity contribution < 1.29 is 4.79 Å². The second-order valence-corrected chi connectivity index (χ2v) is 5.85. The van der Waals surface area contributed by atoms with Gasteiger partial charge in [-0.2, -0.15) is 5.10 Å². The van der Waals surface area contributed by atoms with Crippen molar-refractivity contribution in [3.8, 4) is 0 Å². The van der Waals surface area contributed by atoms with Crippen LogP contribution < -0.4 is 16.2 Å². The van der Waals surface area contributed by atoms with Crippen LogP contribution in [-0.2, 0) is 11.8 Å². The van der Waals surface area contributed by atoms with E-state index in [1.807, 2.05) is 0 Å². The zero-order valence-corrected chi connectivity index (χ0v) is 13.1. The van der Waals surface area contributed by atoms with E-state index in [1.54, 1.807) is 7.05 Å². The molecule has 0 radical (unpaired) electrons. The van der Waals surface area contributed by atoms with Gasteiger partial charge in [0.05, 0.1) is 18.4 Å². The van der Waals surface area contributed by atoms with Crippen molar-refractivity contribution in [2.24, 2.45) is 7.05 Å². The molecule has 0 unspecified atom stereocenters. The van der Waals surface area contributed by atoms with Crippen molar-refractivity contribution in [2.45, 2.75) is 38.1 Å². The second kappa shape index (κ2) is 6.88. The summed E-state index contributed by atoms with van der Waals surface area (Å²) >= 11 is 3.21. The first-order valence-electron chi connectivity index (χ1n) is 6.83. The van der Waals surface area contributed by atoms with E-state index < -0.39 is 0 Å². The van der Waals surface area contributed by atoms with Crippen molar-refractivity contribution in [1.29, 1.82) is 0 Å². The van der Waals surface area contributed by atoms with E-state index >= 15 is 0 Å². The van der Waals surface area contributed by atoms with E-state index in [4.69, 9.17) is 0 Å². The number of hydrogen-bond acceptors (Lipinski definition) is 4. The Kier molecular flexibility index (Phi) is 5.17. The highest BCUT2D eigenvalue weighted by Crippen LogP contribution is 2.18. The minimum atomic E-state index is -0.234. The molecule has 1 aliphatic rings. The molecule has 1 aromatic heterocycles. The third-order valence-electron chi connectivity index (χ3n) is 3.49. The van der Waals surface area contributed by atoms with Gasteiger partial charge in [0.25, 0.3) is 5.56 Å². The number of nitrogens with zero attached hydrogens (tertiary/aromatic N) is 2. The monoisotopic (exact) mass is 342 g/mol. The molecule has 2 rings (SSSR count). The summed E-state index contributed by atoms with van der Waals surface area (Å²) in [6.07, 6.45) is 7.27. The summed E-state index contributed by atoms with van der Waals surface area (Å²) in [5.74, 6) is -0.0514. The van der Waals surface area contributed by atoms with Gasteiger partial charge in [-0.15, -0.1) is 0 Å². The van der Waals surface area contributed by atoms with Crippen molar-refractivity contribution in [2.75, 3.05) is 11.9 Å². The van der Waals surface area contributed by atoms with E-state index in [0.29, 0.717) is 16.2 Å². The normalized spacial score (nSPS) is 15.9. The lowest BCUT2D eigenvalue weighted by Crippen LogP contribution is -2.39. The van der Waals surface area contributed by atoms with E-state index in [1.165, 1.54) is 30.1 Å². The summed E-state index contributed by atoms with van der Waals surface area (Å²) in [6, 6.07) is 0.295. The Morgan fingerprint density at radius 1 is 1.45 bits per heavy atom. The van der Waals surface area contributed by atoms with Crippen LogP contribution >= 0.6 is 15.9 Å². The first-order chi connectivity index (χ1) is 9.58. The van der Waals surface area contributed by atoms with E-state index in [-0.39, 0.29) is 18.0 Å². The van der Waals surface area contributed by atoms with Gasteiger partial charge in [-0.05, 0) is 28.8 Å². The lowest BCUT2D eigenvalue weighted by atomic mass is 9.95. The average Bonchev–Trinajstić information content (AvgIpc) is 2.45. The van der Waals surface area contributed by atoms with Gasteiger partial charge in [0.1, 0.15) is 4.47 Å². The number of carbonyl (C=O) groups excluding carboxylic acids is 1. The van der Waals surface area contributed by atoms with Gasteiger partial charge in [0, 0.05) is 13.1 Å². The van der Waals surface area contributed by atoms with Crippen LogP contribution in [-0.4, -0.2) is 28.3 Å². The van der Waals surface area contributed by atoms with Crippen LogP contribution in [0, 0.1) is 0 Å². The van der Waals surface area contributed by atoms with Crippen LogP contribution in [0.2, 0.25) is 0 Å². The zero-order chi connectivity index (χ0) is 14.5. The minimum Gasteiger partial charge on any atom is -0.374 e. The van der Waals surface area contributed by atoms with Crippen LogP contribution in [0.4, 0.5) is 5.69 Å². The molecule has 0 bridgehead atoms. The number of carbonyl (C=O) groups is 1. The molecule has 1 fully saturated rings. The van der Waals surface area contributed by atoms with Crippen molar-refractivity contribution in [3.63, 3.8) is 0 Å². The third kappa shape index (κ3) is 3.82. The highest BCUT2D eigenvalue weighted by molar-refractivity contribution is 9.10. The summed E-state index contributed by atoms with van der Waals surface area (Å²) < 4.78 is 1.62. The molecule has 0 atom stereocenters. The Morgan fingerprint density at radius 2 is 2.15 bits per heavy atom. The van der Waals surface area contributed by atoms with Gasteiger partial charge in [0.15, 0.2) is 0 Å². The fourth-order valence-corrected chi connectivity index (χ4v) is 2.83.